The topological polar surface area (TPSA) is 60.6 Å². The lowest BCUT2D eigenvalue weighted by molar-refractivity contribution is -0.885. The Bertz CT molecular complexity index is 707. The highest BCUT2D eigenvalue weighted by Gasteiger charge is 2.21. The number of hydrogen-bond donors (Lipinski definition) is 2. The van der Waals surface area contributed by atoms with E-state index in [2.05, 4.69) is 16.5 Å². The molecular weight excluding hydrogens is 316 g/mol. The van der Waals surface area contributed by atoms with E-state index in [1.54, 1.807) is 13.3 Å². The van der Waals surface area contributed by atoms with Gasteiger partial charge < -0.3 is 15.0 Å². The van der Waals surface area contributed by atoms with Crippen molar-refractivity contribution in [3.8, 4) is 5.75 Å². The second-order valence-electron chi connectivity index (χ2n) is 6.81. The molecular formula is C19H27N4O2+. The minimum atomic E-state index is 0.0140. The van der Waals surface area contributed by atoms with Gasteiger partial charge in [0.15, 0.2) is 6.54 Å². The molecule has 0 bridgehead atoms. The summed E-state index contributed by atoms with van der Waals surface area (Å²) in [6, 6.07) is 10.3. The Balaban J connectivity index is 1.54. The van der Waals surface area contributed by atoms with Crippen LogP contribution in [0.15, 0.2) is 36.5 Å². The largest absolute Gasteiger partial charge is 0.497 e. The molecule has 1 aliphatic rings. The maximum atomic E-state index is 12.4. The van der Waals surface area contributed by atoms with Crippen LogP contribution in [-0.4, -0.2) is 36.4 Å². The fourth-order valence-electron chi connectivity index (χ4n) is 3.51. The van der Waals surface area contributed by atoms with Gasteiger partial charge in [-0.25, -0.2) is 4.68 Å². The lowest BCUT2D eigenvalue weighted by atomic mass is 10.2. The number of nitrogens with zero attached hydrogens (tertiary/aromatic N) is 2. The van der Waals surface area contributed by atoms with E-state index in [9.17, 15) is 4.79 Å². The van der Waals surface area contributed by atoms with Gasteiger partial charge in [-0.2, -0.15) is 5.10 Å². The summed E-state index contributed by atoms with van der Waals surface area (Å²) in [6.45, 7) is 1.18. The average molecular weight is 343 g/mol. The number of benzene rings is 1. The SMILES string of the molecule is COc1cccc(C[NH+](C)CC(=O)Nc2ccnn2C2CCCC2)c1. The zero-order valence-corrected chi connectivity index (χ0v) is 15.0. The van der Waals surface area contributed by atoms with Crippen LogP contribution in [0.1, 0.15) is 37.3 Å². The number of hydrogen-bond acceptors (Lipinski definition) is 3. The Labute approximate surface area is 148 Å². The molecule has 1 heterocycles. The fraction of sp³-hybridized carbons (Fsp3) is 0.474. The van der Waals surface area contributed by atoms with Gasteiger partial charge in [-0.15, -0.1) is 0 Å². The molecule has 2 N–H and O–H groups in total. The smallest absolute Gasteiger partial charge is 0.280 e. The predicted octanol–water partition coefficient (Wildman–Crippen LogP) is 1.66. The Kier molecular flexibility index (Phi) is 5.71. The molecule has 3 rings (SSSR count). The van der Waals surface area contributed by atoms with Crippen LogP contribution < -0.4 is 15.0 Å². The summed E-state index contributed by atoms with van der Waals surface area (Å²) in [5.74, 6) is 1.67. The van der Waals surface area contributed by atoms with Crippen molar-refractivity contribution < 1.29 is 14.4 Å². The van der Waals surface area contributed by atoms with E-state index in [0.717, 1.165) is 41.4 Å². The number of aromatic nitrogens is 2. The average Bonchev–Trinajstić information content (AvgIpc) is 3.25. The number of nitrogens with one attached hydrogen (secondary N) is 2. The Morgan fingerprint density at radius 1 is 1.36 bits per heavy atom. The van der Waals surface area contributed by atoms with E-state index in [1.165, 1.54) is 12.8 Å². The molecule has 1 atom stereocenters. The van der Waals surface area contributed by atoms with E-state index in [4.69, 9.17) is 4.74 Å². The molecule has 1 aliphatic carbocycles. The minimum Gasteiger partial charge on any atom is -0.497 e. The first-order chi connectivity index (χ1) is 12.2. The number of ether oxygens (including phenoxy) is 1. The fourth-order valence-corrected chi connectivity index (χ4v) is 3.51. The van der Waals surface area contributed by atoms with Gasteiger partial charge in [-0.1, -0.05) is 25.0 Å². The normalized spacial score (nSPS) is 15.9. The van der Waals surface area contributed by atoms with Crippen molar-refractivity contribution >= 4 is 11.7 Å². The second-order valence-corrected chi connectivity index (χ2v) is 6.81. The van der Waals surface area contributed by atoms with Gasteiger partial charge in [0.05, 0.1) is 26.4 Å². The van der Waals surface area contributed by atoms with Crippen LogP contribution in [-0.2, 0) is 11.3 Å². The van der Waals surface area contributed by atoms with Crippen molar-refractivity contribution in [2.75, 3.05) is 26.0 Å². The molecule has 1 saturated carbocycles. The molecule has 2 aromatic rings. The summed E-state index contributed by atoms with van der Waals surface area (Å²) in [5, 5.41) is 7.42. The number of likely N-dealkylation sites (N-methyl/N-ethyl adjacent to an activating group) is 1. The molecule has 0 radical (unpaired) electrons. The summed E-state index contributed by atoms with van der Waals surface area (Å²) < 4.78 is 7.23. The number of anilines is 1. The number of quaternary nitrogens is 1. The van der Waals surface area contributed by atoms with Crippen molar-refractivity contribution in [2.24, 2.45) is 0 Å². The van der Waals surface area contributed by atoms with Gasteiger partial charge in [0.2, 0.25) is 0 Å². The molecule has 6 heteroatoms. The van der Waals surface area contributed by atoms with E-state index in [-0.39, 0.29) is 5.91 Å². The number of methoxy groups -OCH3 is 1. The maximum absolute atomic E-state index is 12.4. The minimum absolute atomic E-state index is 0.0140. The summed E-state index contributed by atoms with van der Waals surface area (Å²) in [6.07, 6.45) is 6.54. The summed E-state index contributed by atoms with van der Waals surface area (Å²) >= 11 is 0. The van der Waals surface area contributed by atoms with Gasteiger partial charge in [-0.05, 0) is 25.0 Å². The predicted molar refractivity (Wildman–Crippen MR) is 96.8 cm³/mol. The zero-order chi connectivity index (χ0) is 17.6. The molecule has 0 aliphatic heterocycles. The number of amides is 1. The number of carbonyl (C=O) groups is 1. The van der Waals surface area contributed by atoms with Gasteiger partial charge in [0.25, 0.3) is 5.91 Å². The van der Waals surface area contributed by atoms with E-state index < -0.39 is 0 Å². The lowest BCUT2D eigenvalue weighted by Crippen LogP contribution is -3.08. The van der Waals surface area contributed by atoms with Crippen molar-refractivity contribution in [3.63, 3.8) is 0 Å². The molecule has 1 aromatic carbocycles. The van der Waals surface area contributed by atoms with Crippen LogP contribution in [0.5, 0.6) is 5.75 Å². The highest BCUT2D eigenvalue weighted by Crippen LogP contribution is 2.31. The van der Waals surface area contributed by atoms with Crippen LogP contribution in [0, 0.1) is 0 Å². The number of rotatable bonds is 7. The first-order valence-electron chi connectivity index (χ1n) is 8.93. The van der Waals surface area contributed by atoms with E-state index in [0.29, 0.717) is 12.6 Å². The Morgan fingerprint density at radius 2 is 2.16 bits per heavy atom. The summed E-state index contributed by atoms with van der Waals surface area (Å²) in [4.78, 5) is 13.5. The van der Waals surface area contributed by atoms with Gasteiger partial charge >= 0.3 is 0 Å². The Morgan fingerprint density at radius 3 is 2.92 bits per heavy atom. The highest BCUT2D eigenvalue weighted by molar-refractivity contribution is 5.90. The molecule has 0 saturated heterocycles. The highest BCUT2D eigenvalue weighted by atomic mass is 16.5. The van der Waals surface area contributed by atoms with Crippen LogP contribution in [0.4, 0.5) is 5.82 Å². The maximum Gasteiger partial charge on any atom is 0.280 e. The van der Waals surface area contributed by atoms with Gasteiger partial charge in [0, 0.05) is 11.6 Å². The molecule has 1 aromatic heterocycles. The van der Waals surface area contributed by atoms with Crippen LogP contribution in [0.25, 0.3) is 0 Å². The molecule has 0 spiro atoms. The first-order valence-corrected chi connectivity index (χ1v) is 8.93. The van der Waals surface area contributed by atoms with Crippen molar-refractivity contribution in [2.45, 2.75) is 38.3 Å². The van der Waals surface area contributed by atoms with Crippen molar-refractivity contribution in [3.05, 3.63) is 42.1 Å². The molecule has 1 amide bonds. The third-order valence-electron chi connectivity index (χ3n) is 4.71. The third kappa shape index (κ3) is 4.60. The zero-order valence-electron chi connectivity index (χ0n) is 15.0. The van der Waals surface area contributed by atoms with E-state index in [1.807, 2.05) is 36.0 Å². The first kappa shape index (κ1) is 17.5. The number of carbonyl (C=O) groups excluding carboxylic acids is 1. The third-order valence-corrected chi connectivity index (χ3v) is 4.71. The molecule has 134 valence electrons. The molecule has 1 fully saturated rings. The van der Waals surface area contributed by atoms with Crippen molar-refractivity contribution in [1.29, 1.82) is 0 Å². The van der Waals surface area contributed by atoms with Crippen molar-refractivity contribution in [1.82, 2.24) is 9.78 Å². The quantitative estimate of drug-likeness (QED) is 0.804. The van der Waals surface area contributed by atoms with Crippen LogP contribution >= 0.6 is 0 Å². The second kappa shape index (κ2) is 8.16. The van der Waals surface area contributed by atoms with Crippen LogP contribution in [0.2, 0.25) is 0 Å². The summed E-state index contributed by atoms with van der Waals surface area (Å²) in [7, 11) is 3.68. The molecule has 1 unspecified atom stereocenters. The lowest BCUT2D eigenvalue weighted by Gasteiger charge is -2.17. The standard InChI is InChI=1S/C19H26N4O2/c1-22(13-15-6-5-9-17(12-15)25-2)14-19(24)21-18-10-11-20-23(18)16-7-3-4-8-16/h5-6,9-12,16H,3-4,7-8,13-14H2,1-2H3,(H,21,24)/p+1. The summed E-state index contributed by atoms with van der Waals surface area (Å²) in [5.41, 5.74) is 1.15. The van der Waals surface area contributed by atoms with Gasteiger partial charge in [-0.3, -0.25) is 4.79 Å². The Hall–Kier alpha value is -2.34. The monoisotopic (exact) mass is 343 g/mol. The van der Waals surface area contributed by atoms with E-state index >= 15 is 0 Å². The van der Waals surface area contributed by atoms with Crippen LogP contribution in [0.3, 0.4) is 0 Å². The molecule has 6 nitrogen and oxygen atoms in total. The molecule has 25 heavy (non-hydrogen) atoms. The van der Waals surface area contributed by atoms with Gasteiger partial charge in [0.1, 0.15) is 18.1 Å².